The predicted octanol–water partition coefficient (Wildman–Crippen LogP) is 2.44. The van der Waals surface area contributed by atoms with Crippen molar-refractivity contribution in [2.45, 2.75) is 19.5 Å². The third kappa shape index (κ3) is 2.70. The zero-order chi connectivity index (χ0) is 10.4. The second-order valence-corrected chi connectivity index (χ2v) is 3.09. The molecule has 2 nitrogen and oxygen atoms in total. The Hall–Kier alpha value is -1.09. The van der Waals surface area contributed by atoms with Gasteiger partial charge in [0.1, 0.15) is 11.9 Å². The van der Waals surface area contributed by atoms with Gasteiger partial charge in [-0.15, -0.1) is 0 Å². The van der Waals surface area contributed by atoms with Crippen LogP contribution in [0.2, 0.25) is 0 Å². The monoisotopic (exact) mass is 197 g/mol. The summed E-state index contributed by atoms with van der Waals surface area (Å²) in [6.45, 7) is 2.61. The van der Waals surface area contributed by atoms with Gasteiger partial charge in [0.2, 0.25) is 0 Å². The molecule has 0 aliphatic rings. The second-order valence-electron chi connectivity index (χ2n) is 3.09. The van der Waals surface area contributed by atoms with E-state index >= 15 is 0 Å². The van der Waals surface area contributed by atoms with Gasteiger partial charge >= 0.3 is 0 Å². The fraction of sp³-hybridized carbons (Fsp3) is 0.455. The molecule has 0 aliphatic carbocycles. The Morgan fingerprint density at radius 3 is 2.79 bits per heavy atom. The van der Waals surface area contributed by atoms with Crippen molar-refractivity contribution in [1.82, 2.24) is 0 Å². The van der Waals surface area contributed by atoms with E-state index in [0.29, 0.717) is 17.9 Å². The molecule has 0 bridgehead atoms. The number of hydrogen-bond donors (Lipinski definition) is 1. The topological polar surface area (TPSA) is 35.2 Å². The molecular formula is C11H16FNO. The van der Waals surface area contributed by atoms with Crippen LogP contribution in [0.5, 0.6) is 5.75 Å². The van der Waals surface area contributed by atoms with Crippen LogP contribution >= 0.6 is 0 Å². The van der Waals surface area contributed by atoms with Crippen molar-refractivity contribution in [2.75, 3.05) is 13.2 Å². The van der Waals surface area contributed by atoms with E-state index in [1.165, 1.54) is 0 Å². The van der Waals surface area contributed by atoms with E-state index in [9.17, 15) is 4.39 Å². The first-order chi connectivity index (χ1) is 6.79. The highest BCUT2D eigenvalue weighted by molar-refractivity contribution is 5.35. The van der Waals surface area contributed by atoms with Crippen LogP contribution < -0.4 is 10.5 Å². The van der Waals surface area contributed by atoms with Crippen molar-refractivity contribution in [3.63, 3.8) is 0 Å². The molecule has 1 rings (SSSR count). The molecule has 0 amide bonds. The van der Waals surface area contributed by atoms with E-state index in [1.54, 1.807) is 18.2 Å². The molecule has 0 saturated heterocycles. The number of halogens is 1. The summed E-state index contributed by atoms with van der Waals surface area (Å²) in [6.07, 6.45) is -0.225. The van der Waals surface area contributed by atoms with Crippen LogP contribution in [0.1, 0.15) is 25.1 Å². The van der Waals surface area contributed by atoms with Gasteiger partial charge in [0.25, 0.3) is 0 Å². The highest BCUT2D eigenvalue weighted by Crippen LogP contribution is 2.26. The Labute approximate surface area is 83.9 Å². The minimum Gasteiger partial charge on any atom is -0.493 e. The third-order valence-corrected chi connectivity index (χ3v) is 1.93. The minimum atomic E-state index is -1.14. The van der Waals surface area contributed by atoms with Gasteiger partial charge in [-0.05, 0) is 12.5 Å². The molecule has 0 spiro atoms. The maximum atomic E-state index is 13.3. The van der Waals surface area contributed by atoms with E-state index in [1.807, 2.05) is 13.0 Å². The summed E-state index contributed by atoms with van der Waals surface area (Å²) in [4.78, 5) is 0. The fourth-order valence-corrected chi connectivity index (χ4v) is 1.21. The van der Waals surface area contributed by atoms with E-state index in [-0.39, 0.29) is 6.54 Å². The van der Waals surface area contributed by atoms with E-state index in [2.05, 4.69) is 0 Å². The first-order valence-electron chi connectivity index (χ1n) is 4.85. The summed E-state index contributed by atoms with van der Waals surface area (Å²) in [5.41, 5.74) is 5.82. The highest BCUT2D eigenvalue weighted by Gasteiger charge is 2.12. The van der Waals surface area contributed by atoms with E-state index < -0.39 is 6.17 Å². The lowest BCUT2D eigenvalue weighted by molar-refractivity contribution is 0.292. The Bertz CT molecular complexity index is 278. The average molecular weight is 197 g/mol. The number of para-hydroxylation sites is 1. The Balaban J connectivity index is 2.79. The SMILES string of the molecule is CCCOc1ccccc1C(F)CN. The molecule has 0 saturated carbocycles. The standard InChI is InChI=1S/C11H16FNO/c1-2-7-14-11-6-4-3-5-9(11)10(12)8-13/h3-6,10H,2,7-8,13H2,1H3. The van der Waals surface area contributed by atoms with Gasteiger partial charge in [-0.2, -0.15) is 0 Å². The van der Waals surface area contributed by atoms with Crippen LogP contribution in [-0.2, 0) is 0 Å². The molecule has 0 heterocycles. The molecule has 0 fully saturated rings. The Morgan fingerprint density at radius 1 is 1.43 bits per heavy atom. The van der Waals surface area contributed by atoms with Crippen molar-refractivity contribution in [1.29, 1.82) is 0 Å². The summed E-state index contributed by atoms with van der Waals surface area (Å²) in [6, 6.07) is 7.10. The molecule has 78 valence electrons. The molecule has 0 aromatic heterocycles. The Morgan fingerprint density at radius 2 is 2.14 bits per heavy atom. The molecule has 0 aliphatic heterocycles. The molecule has 1 aromatic carbocycles. The van der Waals surface area contributed by atoms with Crippen LogP contribution in [0.15, 0.2) is 24.3 Å². The largest absolute Gasteiger partial charge is 0.493 e. The molecule has 3 heteroatoms. The van der Waals surface area contributed by atoms with E-state index in [4.69, 9.17) is 10.5 Å². The van der Waals surface area contributed by atoms with Crippen molar-refractivity contribution in [3.8, 4) is 5.75 Å². The zero-order valence-corrected chi connectivity index (χ0v) is 8.37. The van der Waals surface area contributed by atoms with Crippen LogP contribution in [-0.4, -0.2) is 13.2 Å². The Kier molecular flexibility index (Phi) is 4.40. The van der Waals surface area contributed by atoms with Crippen molar-refractivity contribution in [2.24, 2.45) is 5.73 Å². The summed E-state index contributed by atoms with van der Waals surface area (Å²) < 4.78 is 18.8. The second kappa shape index (κ2) is 5.60. The lowest BCUT2D eigenvalue weighted by Crippen LogP contribution is -2.09. The smallest absolute Gasteiger partial charge is 0.141 e. The number of alkyl halides is 1. The fourth-order valence-electron chi connectivity index (χ4n) is 1.21. The first-order valence-corrected chi connectivity index (χ1v) is 4.85. The van der Waals surface area contributed by atoms with Crippen molar-refractivity contribution < 1.29 is 9.13 Å². The van der Waals surface area contributed by atoms with Crippen molar-refractivity contribution in [3.05, 3.63) is 29.8 Å². The van der Waals surface area contributed by atoms with Crippen LogP contribution in [0.4, 0.5) is 4.39 Å². The van der Waals surface area contributed by atoms with Crippen LogP contribution in [0.25, 0.3) is 0 Å². The summed E-state index contributed by atoms with van der Waals surface area (Å²) in [5.74, 6) is 0.604. The number of ether oxygens (including phenoxy) is 1. The molecule has 1 atom stereocenters. The average Bonchev–Trinajstić information content (AvgIpc) is 2.25. The number of hydrogen-bond acceptors (Lipinski definition) is 2. The lowest BCUT2D eigenvalue weighted by atomic mass is 10.1. The van der Waals surface area contributed by atoms with Gasteiger partial charge in [-0.25, -0.2) is 4.39 Å². The predicted molar refractivity (Wildman–Crippen MR) is 55.1 cm³/mol. The highest BCUT2D eigenvalue weighted by atomic mass is 19.1. The zero-order valence-electron chi connectivity index (χ0n) is 8.37. The maximum absolute atomic E-state index is 13.3. The van der Waals surface area contributed by atoms with E-state index in [0.717, 1.165) is 6.42 Å². The van der Waals surface area contributed by atoms with Crippen LogP contribution in [0, 0.1) is 0 Å². The normalized spacial score (nSPS) is 12.5. The van der Waals surface area contributed by atoms with Gasteiger partial charge in [-0.1, -0.05) is 25.1 Å². The third-order valence-electron chi connectivity index (χ3n) is 1.93. The number of nitrogens with two attached hydrogens (primary N) is 1. The maximum Gasteiger partial charge on any atom is 0.141 e. The number of rotatable bonds is 5. The summed E-state index contributed by atoms with van der Waals surface area (Å²) in [7, 11) is 0. The van der Waals surface area contributed by atoms with Crippen molar-refractivity contribution >= 4 is 0 Å². The molecule has 0 radical (unpaired) electrons. The summed E-state index contributed by atoms with van der Waals surface area (Å²) >= 11 is 0. The molecule has 14 heavy (non-hydrogen) atoms. The van der Waals surface area contributed by atoms with Gasteiger partial charge in [0, 0.05) is 12.1 Å². The quantitative estimate of drug-likeness (QED) is 0.786. The van der Waals surface area contributed by atoms with Gasteiger partial charge in [0.05, 0.1) is 6.61 Å². The number of benzene rings is 1. The first kappa shape index (κ1) is 11.0. The lowest BCUT2D eigenvalue weighted by Gasteiger charge is -2.12. The molecule has 1 unspecified atom stereocenters. The minimum absolute atomic E-state index is 0.00744. The molecule has 2 N–H and O–H groups in total. The van der Waals surface area contributed by atoms with Gasteiger partial charge in [0.15, 0.2) is 0 Å². The molecular weight excluding hydrogens is 181 g/mol. The van der Waals surface area contributed by atoms with Gasteiger partial charge < -0.3 is 10.5 Å². The van der Waals surface area contributed by atoms with Gasteiger partial charge in [-0.3, -0.25) is 0 Å². The summed E-state index contributed by atoms with van der Waals surface area (Å²) in [5, 5.41) is 0. The van der Waals surface area contributed by atoms with Crippen LogP contribution in [0.3, 0.4) is 0 Å². The molecule has 1 aromatic rings.